The molecule has 1 heterocycles. The van der Waals surface area contributed by atoms with Crippen LogP contribution in [0.3, 0.4) is 0 Å². The summed E-state index contributed by atoms with van der Waals surface area (Å²) in [7, 11) is -10.8. The number of phosphoric ester groups is 2. The quantitative estimate of drug-likeness (QED) is 0.0323. The number of phenolic OH excluding ortho intramolecular Hbond substituents is 1. The highest BCUT2D eigenvalue weighted by Crippen LogP contribution is 2.38. The van der Waals surface area contributed by atoms with E-state index in [1.54, 1.807) is 0 Å². The van der Waals surface area contributed by atoms with Crippen LogP contribution in [0.4, 0.5) is 0 Å². The third kappa shape index (κ3) is 19.6. The first-order chi connectivity index (χ1) is 28.8. The molecule has 0 saturated carbocycles. The molecule has 29 heteroatoms. The van der Waals surface area contributed by atoms with Crippen molar-refractivity contribution in [3.05, 3.63) is 29.8 Å². The first-order valence-corrected chi connectivity index (χ1v) is 21.6. The second-order valence-electron chi connectivity index (χ2n) is 13.8. The van der Waals surface area contributed by atoms with E-state index in [0.29, 0.717) is 18.5 Å². The highest BCUT2D eigenvalue weighted by molar-refractivity contribution is 7.46. The van der Waals surface area contributed by atoms with Crippen LogP contribution < -0.4 is 42.5 Å². The molecule has 1 aromatic rings. The molecule has 0 aliphatic carbocycles. The van der Waals surface area contributed by atoms with Crippen LogP contribution >= 0.6 is 15.6 Å². The van der Waals surface area contributed by atoms with Crippen LogP contribution in [0, 0.1) is 0 Å². The van der Waals surface area contributed by atoms with Gasteiger partial charge in [0.25, 0.3) is 0 Å². The van der Waals surface area contributed by atoms with Crippen molar-refractivity contribution >= 4 is 69.3 Å². The average Bonchev–Trinajstić information content (AvgIpc) is 3.72. The summed E-state index contributed by atoms with van der Waals surface area (Å²) in [6, 6.07) is -4.87. The summed E-state index contributed by atoms with van der Waals surface area (Å²) in [5.41, 5.74) is 0.545. The van der Waals surface area contributed by atoms with Gasteiger partial charge in [-0.05, 0) is 57.9 Å². The second-order valence-corrected chi connectivity index (χ2v) is 16.2. The summed E-state index contributed by atoms with van der Waals surface area (Å²) >= 11 is 0. The van der Waals surface area contributed by atoms with Crippen molar-refractivity contribution in [3.8, 4) is 5.75 Å². The molecule has 0 aromatic heterocycles. The van der Waals surface area contributed by atoms with Crippen molar-refractivity contribution in [2.45, 2.75) is 94.9 Å². The number of hydrogen-bond donors (Lipinski definition) is 14. The van der Waals surface area contributed by atoms with E-state index in [1.165, 1.54) is 38.1 Å². The van der Waals surface area contributed by atoms with Crippen LogP contribution in [-0.4, -0.2) is 151 Å². The number of aliphatic carboxylic acids is 1. The van der Waals surface area contributed by atoms with Gasteiger partial charge in [-0.1, -0.05) is 12.1 Å². The molecule has 1 fully saturated rings. The number of hydrogen-bond acceptors (Lipinski definition) is 15. The van der Waals surface area contributed by atoms with E-state index < -0.39 is 131 Å². The lowest BCUT2D eigenvalue weighted by Gasteiger charge is -2.28. The Morgan fingerprint density at radius 2 is 1.40 bits per heavy atom. The zero-order chi connectivity index (χ0) is 46.9. The molecule has 1 aromatic carbocycles. The van der Waals surface area contributed by atoms with Crippen LogP contribution in [0.2, 0.25) is 0 Å². The lowest BCUT2D eigenvalue weighted by atomic mass is 10.0. The Hall–Kier alpha value is -5.37. The van der Waals surface area contributed by atoms with Crippen molar-refractivity contribution in [3.63, 3.8) is 0 Å². The Kier molecular flexibility index (Phi) is 20.7. The van der Waals surface area contributed by atoms with E-state index in [0.717, 1.165) is 13.3 Å². The number of amides is 7. The molecule has 0 unspecified atom stereocenters. The maximum absolute atomic E-state index is 13.4. The number of carboxylic acid groups (broad SMARTS) is 1. The molecular formula is C33H50N8O19P2. The Balaban J connectivity index is 2.22. The summed E-state index contributed by atoms with van der Waals surface area (Å²) < 4.78 is 31.9. The monoisotopic (exact) mass is 924 g/mol. The third-order valence-electron chi connectivity index (χ3n) is 8.56. The molecule has 0 radical (unpaired) electrons. The number of rotatable bonds is 25. The smallest absolute Gasteiger partial charge is 0.469 e. The number of phosphoric acid groups is 2. The zero-order valence-electron chi connectivity index (χ0n) is 33.3. The minimum atomic E-state index is -5.45. The van der Waals surface area contributed by atoms with Crippen molar-refractivity contribution < 1.29 is 91.1 Å². The van der Waals surface area contributed by atoms with Gasteiger partial charge in [-0.2, -0.15) is 0 Å². The van der Waals surface area contributed by atoms with Gasteiger partial charge in [0, 0.05) is 6.42 Å². The van der Waals surface area contributed by atoms with Crippen LogP contribution in [0.25, 0.3) is 0 Å². The Morgan fingerprint density at radius 1 is 0.790 bits per heavy atom. The van der Waals surface area contributed by atoms with E-state index >= 15 is 0 Å². The summed E-state index contributed by atoms with van der Waals surface area (Å²) in [5, 5.41) is 37.0. The van der Waals surface area contributed by atoms with Gasteiger partial charge in [0.05, 0.1) is 37.8 Å². The lowest BCUT2D eigenvalue weighted by molar-refractivity contribution is -0.141. The summed E-state index contributed by atoms with van der Waals surface area (Å²) in [6.07, 6.45) is -1.64. The van der Waals surface area contributed by atoms with Crippen LogP contribution in [0.1, 0.15) is 45.6 Å². The van der Waals surface area contributed by atoms with Crippen LogP contribution in [0.15, 0.2) is 24.3 Å². The van der Waals surface area contributed by atoms with Crippen molar-refractivity contribution in [2.75, 3.05) is 19.7 Å². The van der Waals surface area contributed by atoms with Gasteiger partial charge in [0.2, 0.25) is 41.4 Å². The first-order valence-electron chi connectivity index (χ1n) is 18.5. The molecule has 0 spiro atoms. The molecule has 346 valence electrons. The largest absolute Gasteiger partial charge is 0.508 e. The molecule has 27 nitrogen and oxygen atoms in total. The van der Waals surface area contributed by atoms with Gasteiger partial charge >= 0.3 is 21.6 Å². The number of carbonyl (C=O) groups excluding carboxylic acids is 8. The lowest BCUT2D eigenvalue weighted by Crippen LogP contribution is -2.61. The van der Waals surface area contributed by atoms with E-state index in [2.05, 4.69) is 35.6 Å². The second kappa shape index (κ2) is 24.3. The molecule has 14 N–H and O–H groups in total. The Morgan fingerprint density at radius 3 is 1.95 bits per heavy atom. The van der Waals surface area contributed by atoms with E-state index in [4.69, 9.17) is 0 Å². The van der Waals surface area contributed by atoms with Crippen molar-refractivity contribution in [2.24, 2.45) is 0 Å². The average molecular weight is 925 g/mol. The number of carbonyl (C=O) groups is 9. The molecule has 8 atom stereocenters. The normalized spacial score (nSPS) is 17.3. The molecule has 0 bridgehead atoms. The number of aromatic hydroxyl groups is 1. The van der Waals surface area contributed by atoms with Gasteiger partial charge in [-0.3, -0.25) is 47.4 Å². The van der Waals surface area contributed by atoms with Gasteiger partial charge in [0.1, 0.15) is 42.2 Å². The highest BCUT2D eigenvalue weighted by atomic mass is 31.2. The summed E-state index contributed by atoms with van der Waals surface area (Å²) in [4.78, 5) is 151. The number of carboxylic acids is 1. The number of nitrogens with one attached hydrogen (secondary N) is 8. The molecule has 1 saturated heterocycles. The van der Waals surface area contributed by atoms with Crippen molar-refractivity contribution in [1.29, 1.82) is 0 Å². The Bertz CT molecular complexity index is 1890. The topological polar surface area (TPSA) is 424 Å². The minimum Gasteiger partial charge on any atom is -0.508 e. The maximum atomic E-state index is 13.4. The molecule has 1 aliphatic heterocycles. The molecular weight excluding hydrogens is 874 g/mol. The SMILES string of the molecule is C[C@H](NC(=O)[C@H](Cc1ccc(O)cc1)NC(=O)[C@@H]1CCCN1)C(=O)NCC(=O)N[C@@H](COP(=O)(O)O)C(=O)N[C@H](C(=O)N[C@@H](CC(=O)O)C(=O)N[C@@H](C)C=O)[C@@H](C)OP(=O)(O)O. The van der Waals surface area contributed by atoms with E-state index in [1.807, 2.05) is 16.0 Å². The van der Waals surface area contributed by atoms with Crippen LogP contribution in [0.5, 0.6) is 5.75 Å². The molecule has 7 amide bonds. The summed E-state index contributed by atoms with van der Waals surface area (Å²) in [6.45, 7) is 1.57. The fourth-order valence-electron chi connectivity index (χ4n) is 5.49. The van der Waals surface area contributed by atoms with E-state index in [9.17, 15) is 82.1 Å². The predicted molar refractivity (Wildman–Crippen MR) is 208 cm³/mol. The third-order valence-corrected chi connectivity index (χ3v) is 9.65. The molecule has 62 heavy (non-hydrogen) atoms. The van der Waals surface area contributed by atoms with Gasteiger partial charge in [-0.15, -0.1) is 0 Å². The van der Waals surface area contributed by atoms with Gasteiger partial charge in [0.15, 0.2) is 0 Å². The van der Waals surface area contributed by atoms with Crippen LogP contribution in [-0.2, 0) is 67.7 Å². The highest BCUT2D eigenvalue weighted by Gasteiger charge is 2.38. The fraction of sp³-hybridized carbons (Fsp3) is 0.545. The molecule has 2 rings (SSSR count). The van der Waals surface area contributed by atoms with Gasteiger partial charge in [-0.25, -0.2) is 9.13 Å². The number of phenols is 1. The number of aldehydes is 1. The first kappa shape index (κ1) is 52.8. The standard InChI is InChI=1S/C33H50N8O19P2/c1-16(14-42)36-30(49)23(12-26(45)46)40-33(52)27(18(3)60-62(56,57)58)41-32(51)24(15-59-61(53,54)55)38-25(44)13-35-28(47)17(2)37-31(50)22(11-19-6-8-20(43)9-7-19)39-29(48)21-5-4-10-34-21/h6-9,14,16-18,21-24,27,34,43H,4-5,10-13,15H2,1-3H3,(H,35,47)(H,36,49)(H,37,50)(H,38,44)(H,39,48)(H,40,52)(H,41,51)(H,45,46)(H2,53,54,55)(H2,56,57,58)/t16-,17-,18+,21-,22-,23-,24-,27-/m0/s1. The van der Waals surface area contributed by atoms with Gasteiger partial charge < -0.3 is 77.1 Å². The fourth-order valence-corrected chi connectivity index (χ4v) is 6.39. The Labute approximate surface area is 352 Å². The van der Waals surface area contributed by atoms with E-state index in [-0.39, 0.29) is 18.5 Å². The van der Waals surface area contributed by atoms with Crippen molar-refractivity contribution in [1.82, 2.24) is 42.5 Å². The predicted octanol–water partition coefficient (Wildman–Crippen LogP) is -4.97. The maximum Gasteiger partial charge on any atom is 0.469 e. The molecule has 1 aliphatic rings. The number of benzene rings is 1. The minimum absolute atomic E-state index is 0.0442. The zero-order valence-corrected chi connectivity index (χ0v) is 35.1. The summed E-state index contributed by atoms with van der Waals surface area (Å²) in [5.74, 6) is -9.42.